The van der Waals surface area contributed by atoms with Crippen LogP contribution >= 0.6 is 0 Å². The molecule has 1 saturated heterocycles. The Labute approximate surface area is 125 Å². The fourth-order valence-corrected chi connectivity index (χ4v) is 2.44. The molecule has 0 saturated carbocycles. The molecule has 1 atom stereocenters. The van der Waals surface area contributed by atoms with E-state index in [1.807, 2.05) is 30.0 Å². The van der Waals surface area contributed by atoms with Crippen molar-refractivity contribution in [3.63, 3.8) is 0 Å². The molecule has 1 aromatic rings. The molecule has 0 bridgehead atoms. The first-order chi connectivity index (χ1) is 10.2. The molecule has 1 aromatic carbocycles. The third-order valence-electron chi connectivity index (χ3n) is 3.70. The summed E-state index contributed by atoms with van der Waals surface area (Å²) in [5.41, 5.74) is 2.57. The first-order valence-corrected chi connectivity index (χ1v) is 7.18. The van der Waals surface area contributed by atoms with Crippen molar-refractivity contribution in [2.24, 2.45) is 0 Å². The number of hydrogen-bond acceptors (Lipinski definition) is 3. The van der Waals surface area contributed by atoms with Gasteiger partial charge in [-0.15, -0.1) is 0 Å². The normalized spacial score (nSPS) is 17.5. The number of aryl methyl sites for hydroxylation is 1. The lowest BCUT2D eigenvalue weighted by Crippen LogP contribution is -2.30. The first-order valence-electron chi connectivity index (χ1n) is 7.18. The van der Waals surface area contributed by atoms with E-state index < -0.39 is 0 Å². The minimum atomic E-state index is 0.0486. The summed E-state index contributed by atoms with van der Waals surface area (Å²) < 4.78 is 5.29. The number of ether oxygens (including phenoxy) is 1. The SMILES string of the molecule is COC1CCN(C(=O)c2ccc(C#CCCO)c(C)c2)C1. The highest BCUT2D eigenvalue weighted by Gasteiger charge is 2.26. The van der Waals surface area contributed by atoms with Gasteiger partial charge >= 0.3 is 0 Å². The van der Waals surface area contributed by atoms with Crippen molar-refractivity contribution in [1.29, 1.82) is 0 Å². The zero-order valence-electron chi connectivity index (χ0n) is 12.6. The molecule has 1 aliphatic rings. The van der Waals surface area contributed by atoms with Gasteiger partial charge in [-0.2, -0.15) is 0 Å². The van der Waals surface area contributed by atoms with Crippen LogP contribution in [0.4, 0.5) is 0 Å². The van der Waals surface area contributed by atoms with Crippen molar-refractivity contribution in [1.82, 2.24) is 4.90 Å². The number of aliphatic hydroxyl groups is 1. The maximum Gasteiger partial charge on any atom is 0.253 e. The monoisotopic (exact) mass is 287 g/mol. The second-order valence-corrected chi connectivity index (χ2v) is 5.20. The highest BCUT2D eigenvalue weighted by Crippen LogP contribution is 2.17. The quantitative estimate of drug-likeness (QED) is 0.859. The number of rotatable bonds is 3. The molecule has 4 heteroatoms. The van der Waals surface area contributed by atoms with Crippen LogP contribution in [0, 0.1) is 18.8 Å². The Bertz CT molecular complexity index is 571. The first kappa shape index (κ1) is 15.6. The third kappa shape index (κ3) is 3.84. The number of carbonyl (C=O) groups is 1. The van der Waals surface area contributed by atoms with E-state index in [1.165, 1.54) is 0 Å². The number of amides is 1. The third-order valence-corrected chi connectivity index (χ3v) is 3.70. The maximum atomic E-state index is 12.4. The van der Waals surface area contributed by atoms with Crippen molar-refractivity contribution >= 4 is 5.91 Å². The number of carbonyl (C=O) groups excluding carboxylic acids is 1. The van der Waals surface area contributed by atoms with Crippen molar-refractivity contribution < 1.29 is 14.6 Å². The van der Waals surface area contributed by atoms with Crippen LogP contribution in [-0.4, -0.2) is 48.8 Å². The average Bonchev–Trinajstić information content (AvgIpc) is 2.97. The Morgan fingerprint density at radius 3 is 2.95 bits per heavy atom. The summed E-state index contributed by atoms with van der Waals surface area (Å²) in [6, 6.07) is 5.57. The van der Waals surface area contributed by atoms with Crippen LogP contribution in [0.25, 0.3) is 0 Å². The highest BCUT2D eigenvalue weighted by molar-refractivity contribution is 5.94. The number of nitrogens with zero attached hydrogens (tertiary/aromatic N) is 1. The van der Waals surface area contributed by atoms with E-state index in [1.54, 1.807) is 7.11 Å². The Balaban J connectivity index is 2.10. The standard InChI is InChI=1S/C17H21NO3/c1-13-11-15(7-6-14(13)5-3-4-10-19)17(20)18-9-8-16(12-18)21-2/h6-7,11,16,19H,4,8-10,12H2,1-2H3. The van der Waals surface area contributed by atoms with E-state index in [-0.39, 0.29) is 18.6 Å². The minimum absolute atomic E-state index is 0.0486. The molecule has 1 heterocycles. The molecule has 0 aromatic heterocycles. The Morgan fingerprint density at radius 2 is 2.33 bits per heavy atom. The molecule has 1 amide bonds. The molecule has 112 valence electrons. The molecule has 0 aliphatic carbocycles. The van der Waals surface area contributed by atoms with Gasteiger partial charge < -0.3 is 14.7 Å². The zero-order valence-corrected chi connectivity index (χ0v) is 12.6. The van der Waals surface area contributed by atoms with Crippen molar-refractivity contribution in [3.8, 4) is 11.8 Å². The summed E-state index contributed by atoms with van der Waals surface area (Å²) >= 11 is 0. The van der Waals surface area contributed by atoms with Crippen LogP contribution < -0.4 is 0 Å². The van der Waals surface area contributed by atoms with Gasteiger partial charge in [0.2, 0.25) is 0 Å². The summed E-state index contributed by atoms with van der Waals surface area (Å²) in [7, 11) is 1.68. The van der Waals surface area contributed by atoms with Gasteiger partial charge in [-0.25, -0.2) is 0 Å². The largest absolute Gasteiger partial charge is 0.395 e. The number of aliphatic hydroxyl groups excluding tert-OH is 1. The highest BCUT2D eigenvalue weighted by atomic mass is 16.5. The molecule has 1 aliphatic heterocycles. The average molecular weight is 287 g/mol. The van der Waals surface area contributed by atoms with Gasteiger partial charge in [0.05, 0.1) is 12.7 Å². The van der Waals surface area contributed by atoms with E-state index >= 15 is 0 Å². The molecule has 1 unspecified atom stereocenters. The summed E-state index contributed by atoms with van der Waals surface area (Å²) in [6.45, 7) is 3.42. The van der Waals surface area contributed by atoms with Crippen LogP contribution in [0.15, 0.2) is 18.2 Å². The van der Waals surface area contributed by atoms with Crippen LogP contribution in [0.5, 0.6) is 0 Å². The lowest BCUT2D eigenvalue weighted by molar-refractivity contribution is 0.0724. The molecular weight excluding hydrogens is 266 g/mol. The number of hydrogen-bond donors (Lipinski definition) is 1. The van der Waals surface area contributed by atoms with Crippen molar-refractivity contribution in [2.75, 3.05) is 26.8 Å². The Hall–Kier alpha value is -1.83. The van der Waals surface area contributed by atoms with Gasteiger partial charge in [0.15, 0.2) is 0 Å². The lowest BCUT2D eigenvalue weighted by Gasteiger charge is -2.16. The minimum Gasteiger partial charge on any atom is -0.395 e. The van der Waals surface area contributed by atoms with Crippen LogP contribution in [0.2, 0.25) is 0 Å². The lowest BCUT2D eigenvalue weighted by atomic mass is 10.0. The fraction of sp³-hybridized carbons (Fsp3) is 0.471. The van der Waals surface area contributed by atoms with E-state index in [0.717, 1.165) is 24.1 Å². The maximum absolute atomic E-state index is 12.4. The Kier molecular flexibility index (Phi) is 5.38. The smallest absolute Gasteiger partial charge is 0.253 e. The van der Waals surface area contributed by atoms with E-state index in [4.69, 9.17) is 9.84 Å². The molecule has 1 fully saturated rings. The van der Waals surface area contributed by atoms with Crippen LogP contribution in [0.3, 0.4) is 0 Å². The molecule has 0 spiro atoms. The summed E-state index contributed by atoms with van der Waals surface area (Å²) in [6.07, 6.45) is 1.51. The van der Waals surface area contributed by atoms with Gasteiger partial charge in [-0.1, -0.05) is 11.8 Å². The van der Waals surface area contributed by atoms with Gasteiger partial charge in [0, 0.05) is 37.7 Å². The van der Waals surface area contributed by atoms with Crippen LogP contribution in [0.1, 0.15) is 34.3 Å². The predicted molar refractivity (Wildman–Crippen MR) is 81.1 cm³/mol. The summed E-state index contributed by atoms with van der Waals surface area (Å²) in [5, 5.41) is 8.73. The van der Waals surface area contributed by atoms with E-state index in [9.17, 15) is 4.79 Å². The Morgan fingerprint density at radius 1 is 1.52 bits per heavy atom. The van der Waals surface area contributed by atoms with Gasteiger partial charge in [0.25, 0.3) is 5.91 Å². The number of benzene rings is 1. The van der Waals surface area contributed by atoms with Crippen molar-refractivity contribution in [3.05, 3.63) is 34.9 Å². The fourth-order valence-electron chi connectivity index (χ4n) is 2.44. The molecule has 2 rings (SSSR count). The molecule has 0 radical (unpaired) electrons. The van der Waals surface area contributed by atoms with E-state index in [0.29, 0.717) is 18.5 Å². The summed E-state index contributed by atoms with van der Waals surface area (Å²) in [5.74, 6) is 5.96. The van der Waals surface area contributed by atoms with Gasteiger partial charge in [-0.3, -0.25) is 4.79 Å². The van der Waals surface area contributed by atoms with E-state index in [2.05, 4.69) is 11.8 Å². The van der Waals surface area contributed by atoms with Gasteiger partial charge in [-0.05, 0) is 37.1 Å². The zero-order chi connectivity index (χ0) is 15.2. The van der Waals surface area contributed by atoms with Crippen molar-refractivity contribution in [2.45, 2.75) is 25.9 Å². The second kappa shape index (κ2) is 7.26. The number of methoxy groups -OCH3 is 1. The topological polar surface area (TPSA) is 49.8 Å². The molecule has 21 heavy (non-hydrogen) atoms. The van der Waals surface area contributed by atoms with Gasteiger partial charge in [0.1, 0.15) is 0 Å². The van der Waals surface area contributed by atoms with Crippen LogP contribution in [-0.2, 0) is 4.74 Å². The molecule has 1 N–H and O–H groups in total. The second-order valence-electron chi connectivity index (χ2n) is 5.20. The summed E-state index contributed by atoms with van der Waals surface area (Å²) in [4.78, 5) is 14.3. The predicted octanol–water partition coefficient (Wildman–Crippen LogP) is 1.59. The molecular formula is C17H21NO3. The molecule has 4 nitrogen and oxygen atoms in total. The number of likely N-dealkylation sites (tertiary alicyclic amines) is 1.